The summed E-state index contributed by atoms with van der Waals surface area (Å²) in [4.78, 5) is 14.5. The summed E-state index contributed by atoms with van der Waals surface area (Å²) < 4.78 is 17.5. The van der Waals surface area contributed by atoms with E-state index >= 15 is 0 Å². The SMILES string of the molecule is CC(C)(C)OC(=O)N1[C@H]([C@@H]2OCC=C2c2ccccc2)COC1(C)C. The van der Waals surface area contributed by atoms with Crippen LogP contribution in [0.5, 0.6) is 0 Å². The fourth-order valence-corrected chi connectivity index (χ4v) is 3.40. The van der Waals surface area contributed by atoms with Crippen molar-refractivity contribution in [3.63, 3.8) is 0 Å². The number of rotatable bonds is 2. The predicted octanol–water partition coefficient (Wildman–Crippen LogP) is 3.84. The van der Waals surface area contributed by atoms with Gasteiger partial charge in [0.2, 0.25) is 0 Å². The highest BCUT2D eigenvalue weighted by molar-refractivity contribution is 5.74. The van der Waals surface area contributed by atoms with E-state index in [1.807, 2.05) is 52.8 Å². The molecule has 0 spiro atoms. The highest BCUT2D eigenvalue weighted by Gasteiger charge is 2.50. The van der Waals surface area contributed by atoms with Crippen LogP contribution in [-0.2, 0) is 14.2 Å². The number of carbonyl (C=O) groups is 1. The molecule has 0 aromatic heterocycles. The molecule has 2 heterocycles. The number of nitrogens with zero attached hydrogens (tertiary/aromatic N) is 1. The third-order valence-corrected chi connectivity index (χ3v) is 4.45. The number of carbonyl (C=O) groups excluding carboxylic acids is 1. The van der Waals surface area contributed by atoms with Crippen LogP contribution in [0.4, 0.5) is 4.79 Å². The third-order valence-electron chi connectivity index (χ3n) is 4.45. The first-order chi connectivity index (χ1) is 11.7. The normalized spacial score (nSPS) is 25.8. The Kier molecular flexibility index (Phi) is 4.64. The van der Waals surface area contributed by atoms with Crippen LogP contribution in [0.15, 0.2) is 36.4 Å². The summed E-state index contributed by atoms with van der Waals surface area (Å²) in [7, 11) is 0. The molecular formula is C20H27NO4. The Bertz CT molecular complexity index is 660. The van der Waals surface area contributed by atoms with E-state index < -0.39 is 11.3 Å². The van der Waals surface area contributed by atoms with Gasteiger partial charge in [-0.2, -0.15) is 0 Å². The second kappa shape index (κ2) is 6.46. The highest BCUT2D eigenvalue weighted by Crippen LogP contribution is 2.37. The zero-order valence-corrected chi connectivity index (χ0v) is 15.6. The van der Waals surface area contributed by atoms with Crippen LogP contribution in [0.3, 0.4) is 0 Å². The van der Waals surface area contributed by atoms with Crippen LogP contribution in [-0.4, -0.2) is 47.7 Å². The van der Waals surface area contributed by atoms with E-state index in [2.05, 4.69) is 18.2 Å². The number of hydrogen-bond donors (Lipinski definition) is 0. The van der Waals surface area contributed by atoms with E-state index in [0.29, 0.717) is 13.2 Å². The zero-order chi connectivity index (χ0) is 18.2. The van der Waals surface area contributed by atoms with Crippen molar-refractivity contribution < 1.29 is 19.0 Å². The van der Waals surface area contributed by atoms with Gasteiger partial charge in [-0.3, -0.25) is 4.90 Å². The van der Waals surface area contributed by atoms with E-state index in [-0.39, 0.29) is 18.2 Å². The lowest BCUT2D eigenvalue weighted by Crippen LogP contribution is -2.53. The van der Waals surface area contributed by atoms with Gasteiger partial charge in [-0.1, -0.05) is 36.4 Å². The average Bonchev–Trinajstić information content (AvgIpc) is 3.10. The maximum absolute atomic E-state index is 12.8. The first kappa shape index (κ1) is 18.0. The molecule has 1 aromatic carbocycles. The topological polar surface area (TPSA) is 48.0 Å². The number of hydrogen-bond acceptors (Lipinski definition) is 4. The van der Waals surface area contributed by atoms with E-state index in [1.165, 1.54) is 0 Å². The molecule has 0 bridgehead atoms. The highest BCUT2D eigenvalue weighted by atomic mass is 16.6. The largest absolute Gasteiger partial charge is 0.444 e. The number of ether oxygens (including phenoxy) is 3. The Labute approximate surface area is 149 Å². The molecule has 0 saturated carbocycles. The summed E-state index contributed by atoms with van der Waals surface area (Å²) in [5.74, 6) is 0. The van der Waals surface area contributed by atoms with Crippen molar-refractivity contribution in [3.8, 4) is 0 Å². The van der Waals surface area contributed by atoms with Gasteiger partial charge in [0.05, 0.1) is 19.3 Å². The Morgan fingerprint density at radius 2 is 1.92 bits per heavy atom. The van der Waals surface area contributed by atoms with Crippen LogP contribution in [0.2, 0.25) is 0 Å². The number of benzene rings is 1. The molecule has 0 N–H and O–H groups in total. The second-order valence-electron chi connectivity index (χ2n) is 7.95. The molecular weight excluding hydrogens is 318 g/mol. The van der Waals surface area contributed by atoms with Crippen molar-refractivity contribution in [1.82, 2.24) is 4.90 Å². The van der Waals surface area contributed by atoms with E-state index in [0.717, 1.165) is 11.1 Å². The molecule has 1 fully saturated rings. The molecule has 3 rings (SSSR count). The summed E-state index contributed by atoms with van der Waals surface area (Å²) >= 11 is 0. The predicted molar refractivity (Wildman–Crippen MR) is 96.1 cm³/mol. The Morgan fingerprint density at radius 3 is 2.56 bits per heavy atom. The molecule has 2 aliphatic rings. The first-order valence-electron chi connectivity index (χ1n) is 8.72. The van der Waals surface area contributed by atoms with Crippen molar-refractivity contribution in [1.29, 1.82) is 0 Å². The van der Waals surface area contributed by atoms with Crippen LogP contribution in [0, 0.1) is 0 Å². The van der Waals surface area contributed by atoms with Gasteiger partial charge in [0, 0.05) is 0 Å². The molecule has 1 saturated heterocycles. The third kappa shape index (κ3) is 3.72. The van der Waals surface area contributed by atoms with Crippen molar-refractivity contribution in [2.75, 3.05) is 13.2 Å². The fourth-order valence-electron chi connectivity index (χ4n) is 3.40. The zero-order valence-electron chi connectivity index (χ0n) is 15.6. The van der Waals surface area contributed by atoms with Gasteiger partial charge in [-0.15, -0.1) is 0 Å². The molecule has 2 atom stereocenters. The summed E-state index contributed by atoms with van der Waals surface area (Å²) in [6.07, 6.45) is 1.48. The van der Waals surface area contributed by atoms with Crippen molar-refractivity contribution in [2.45, 2.75) is 58.1 Å². The molecule has 5 nitrogen and oxygen atoms in total. The minimum Gasteiger partial charge on any atom is -0.444 e. The van der Waals surface area contributed by atoms with Crippen molar-refractivity contribution >= 4 is 11.7 Å². The van der Waals surface area contributed by atoms with Gasteiger partial charge >= 0.3 is 6.09 Å². The van der Waals surface area contributed by atoms with Gasteiger partial charge in [0.1, 0.15) is 17.4 Å². The summed E-state index contributed by atoms with van der Waals surface area (Å²) in [6.45, 7) is 10.3. The van der Waals surface area contributed by atoms with E-state index in [9.17, 15) is 4.79 Å². The molecule has 0 unspecified atom stereocenters. The Hall–Kier alpha value is -1.85. The van der Waals surface area contributed by atoms with Crippen LogP contribution < -0.4 is 0 Å². The Morgan fingerprint density at radius 1 is 1.24 bits per heavy atom. The van der Waals surface area contributed by atoms with Gasteiger partial charge in [0.25, 0.3) is 0 Å². The molecule has 1 amide bonds. The smallest absolute Gasteiger partial charge is 0.413 e. The fraction of sp³-hybridized carbons (Fsp3) is 0.550. The number of amides is 1. The lowest BCUT2D eigenvalue weighted by Gasteiger charge is -2.37. The minimum absolute atomic E-state index is 0.223. The average molecular weight is 345 g/mol. The molecule has 5 heteroatoms. The summed E-state index contributed by atoms with van der Waals surface area (Å²) in [5, 5.41) is 0. The van der Waals surface area contributed by atoms with Gasteiger partial charge < -0.3 is 14.2 Å². The van der Waals surface area contributed by atoms with E-state index in [4.69, 9.17) is 14.2 Å². The molecule has 25 heavy (non-hydrogen) atoms. The minimum atomic E-state index is -0.735. The van der Waals surface area contributed by atoms with E-state index in [1.54, 1.807) is 4.90 Å². The maximum atomic E-state index is 12.8. The molecule has 2 aliphatic heterocycles. The standard InChI is InChI=1S/C20H27NO4/c1-19(2,3)25-18(22)21-16(13-24-20(21,4)5)17-15(11-12-23-17)14-9-7-6-8-10-14/h6-11,16-17H,12-13H2,1-5H3/t16-,17+/m0/s1. The van der Waals surface area contributed by atoms with Crippen LogP contribution >= 0.6 is 0 Å². The molecule has 0 radical (unpaired) electrons. The van der Waals surface area contributed by atoms with Crippen LogP contribution in [0.25, 0.3) is 5.57 Å². The molecule has 1 aromatic rings. The van der Waals surface area contributed by atoms with Crippen LogP contribution in [0.1, 0.15) is 40.2 Å². The maximum Gasteiger partial charge on any atom is 0.413 e. The lowest BCUT2D eigenvalue weighted by molar-refractivity contribution is -0.0671. The summed E-state index contributed by atoms with van der Waals surface area (Å²) in [5.41, 5.74) is 0.912. The van der Waals surface area contributed by atoms with Gasteiger partial charge in [-0.25, -0.2) is 4.79 Å². The molecule has 0 aliphatic carbocycles. The molecule has 136 valence electrons. The summed E-state index contributed by atoms with van der Waals surface area (Å²) in [6, 6.07) is 9.90. The Balaban J connectivity index is 1.87. The van der Waals surface area contributed by atoms with Crippen molar-refractivity contribution in [2.24, 2.45) is 0 Å². The lowest BCUT2D eigenvalue weighted by atomic mass is 9.96. The monoisotopic (exact) mass is 345 g/mol. The second-order valence-corrected chi connectivity index (χ2v) is 7.95. The first-order valence-corrected chi connectivity index (χ1v) is 8.72. The quantitative estimate of drug-likeness (QED) is 0.817. The van der Waals surface area contributed by atoms with Crippen molar-refractivity contribution in [3.05, 3.63) is 42.0 Å². The van der Waals surface area contributed by atoms with Gasteiger partial charge in [0.15, 0.2) is 0 Å². The van der Waals surface area contributed by atoms with Gasteiger partial charge in [-0.05, 0) is 45.8 Å².